The number of carbonyl (C=O) groups is 2. The molecule has 1 saturated heterocycles. The van der Waals surface area contributed by atoms with Crippen molar-refractivity contribution in [3.63, 3.8) is 0 Å². The minimum Gasteiger partial charge on any atom is -0.479 e. The zero-order valence-electron chi connectivity index (χ0n) is 14.2. The number of hydroxylamine groups is 2. The molecular weight excluding hydrogens is 356 g/mol. The van der Waals surface area contributed by atoms with Crippen molar-refractivity contribution in [2.45, 2.75) is 31.5 Å². The fourth-order valence-corrected chi connectivity index (χ4v) is 3.57. The van der Waals surface area contributed by atoms with Crippen LogP contribution in [0.1, 0.15) is 28.9 Å². The second-order valence-corrected chi connectivity index (χ2v) is 6.42. The number of amides is 2. The van der Waals surface area contributed by atoms with Gasteiger partial charge in [-0.15, -0.1) is 0 Å². The van der Waals surface area contributed by atoms with Gasteiger partial charge in [0.2, 0.25) is 0 Å². The molecule has 0 spiro atoms. The summed E-state index contributed by atoms with van der Waals surface area (Å²) in [5.41, 5.74) is 1.65. The van der Waals surface area contributed by atoms with Crippen LogP contribution in [0.15, 0.2) is 36.5 Å². The summed E-state index contributed by atoms with van der Waals surface area (Å²) in [6.45, 7) is 0.0250. The fraction of sp³-hybridized carbons (Fsp3) is 0.353. The predicted molar refractivity (Wildman–Crippen MR) is 88.7 cm³/mol. The summed E-state index contributed by atoms with van der Waals surface area (Å²) >= 11 is 0. The molecule has 2 atom stereocenters. The van der Waals surface area contributed by atoms with E-state index in [2.05, 4.69) is 5.10 Å². The quantitative estimate of drug-likeness (QED) is 0.618. The lowest BCUT2D eigenvalue weighted by atomic mass is 9.98. The van der Waals surface area contributed by atoms with E-state index in [0.717, 1.165) is 5.56 Å². The number of hydrogen-bond donors (Lipinski definition) is 3. The zero-order valence-corrected chi connectivity index (χ0v) is 14.2. The van der Waals surface area contributed by atoms with Crippen LogP contribution in [-0.2, 0) is 22.8 Å². The second-order valence-electron chi connectivity index (χ2n) is 6.42. The molecule has 0 aliphatic carbocycles. The Morgan fingerprint density at radius 1 is 1.30 bits per heavy atom. The number of carboxylic acid groups (broad SMARTS) is 1. The highest BCUT2D eigenvalue weighted by molar-refractivity contribution is 5.86. The summed E-state index contributed by atoms with van der Waals surface area (Å²) in [4.78, 5) is 31.5. The van der Waals surface area contributed by atoms with Crippen molar-refractivity contribution < 1.29 is 29.7 Å². The number of nitrogens with zero attached hydrogens (tertiary/aromatic N) is 4. The first kappa shape index (κ1) is 17.5. The number of carbonyl (C=O) groups excluding carboxylic acids is 1. The number of aliphatic hydroxyl groups excluding tert-OH is 1. The van der Waals surface area contributed by atoms with Crippen LogP contribution in [0, 0.1) is 0 Å². The van der Waals surface area contributed by atoms with E-state index in [1.165, 1.54) is 20.8 Å². The Hall–Kier alpha value is -2.95. The van der Waals surface area contributed by atoms with E-state index >= 15 is 0 Å². The topological polar surface area (TPSA) is 128 Å². The Morgan fingerprint density at radius 3 is 2.70 bits per heavy atom. The molecule has 4 rings (SSSR count). The maximum Gasteiger partial charge on any atom is 0.345 e. The zero-order chi connectivity index (χ0) is 19.1. The Balaban J connectivity index is 1.66. The molecule has 10 nitrogen and oxygen atoms in total. The summed E-state index contributed by atoms with van der Waals surface area (Å²) in [7, 11) is 0. The molecule has 0 unspecified atom stereocenters. The van der Waals surface area contributed by atoms with Crippen LogP contribution in [0.4, 0.5) is 4.79 Å². The van der Waals surface area contributed by atoms with Gasteiger partial charge in [-0.3, -0.25) is 9.52 Å². The first-order valence-electron chi connectivity index (χ1n) is 8.38. The Kier molecular flexibility index (Phi) is 4.30. The van der Waals surface area contributed by atoms with Crippen molar-refractivity contribution in [1.29, 1.82) is 0 Å². The molecule has 10 heteroatoms. The van der Waals surface area contributed by atoms with E-state index in [9.17, 15) is 24.9 Å². The average molecular weight is 374 g/mol. The fourth-order valence-electron chi connectivity index (χ4n) is 3.57. The second kappa shape index (κ2) is 6.65. The Labute approximate surface area is 153 Å². The first-order valence-corrected chi connectivity index (χ1v) is 8.38. The van der Waals surface area contributed by atoms with E-state index in [4.69, 9.17) is 4.84 Å². The van der Waals surface area contributed by atoms with E-state index < -0.39 is 30.4 Å². The van der Waals surface area contributed by atoms with Gasteiger partial charge >= 0.3 is 12.0 Å². The highest BCUT2D eigenvalue weighted by atomic mass is 16.7. The molecule has 142 valence electrons. The summed E-state index contributed by atoms with van der Waals surface area (Å²) in [5.74, 6) is -1.22. The molecule has 27 heavy (non-hydrogen) atoms. The summed E-state index contributed by atoms with van der Waals surface area (Å²) < 4.78 is 1.21. The van der Waals surface area contributed by atoms with E-state index in [1.54, 1.807) is 0 Å². The van der Waals surface area contributed by atoms with Gasteiger partial charge in [0.05, 0.1) is 25.0 Å². The molecule has 3 heterocycles. The van der Waals surface area contributed by atoms with Crippen LogP contribution in [-0.4, -0.2) is 59.9 Å². The van der Waals surface area contributed by atoms with E-state index in [0.29, 0.717) is 5.56 Å². The number of carboxylic acids is 1. The maximum atomic E-state index is 12.8. The van der Waals surface area contributed by atoms with Crippen LogP contribution >= 0.6 is 0 Å². The predicted octanol–water partition coefficient (Wildman–Crippen LogP) is 0.244. The van der Waals surface area contributed by atoms with Crippen molar-refractivity contribution in [1.82, 2.24) is 19.7 Å². The van der Waals surface area contributed by atoms with Crippen LogP contribution < -0.4 is 0 Å². The number of hydrogen-bond acceptors (Lipinski definition) is 6. The van der Waals surface area contributed by atoms with Gasteiger partial charge in [-0.2, -0.15) is 10.2 Å². The molecule has 3 N–H and O–H groups in total. The number of aliphatic hydroxyl groups is 2. The van der Waals surface area contributed by atoms with Gasteiger partial charge in [0, 0.05) is 5.56 Å². The molecule has 1 aromatic heterocycles. The number of urea groups is 1. The maximum absolute atomic E-state index is 12.8. The van der Waals surface area contributed by atoms with Gasteiger partial charge in [-0.25, -0.2) is 9.59 Å². The third-order valence-electron chi connectivity index (χ3n) is 4.71. The molecular formula is C17H18N4O6. The molecule has 1 aromatic carbocycles. The van der Waals surface area contributed by atoms with Crippen molar-refractivity contribution in [3.05, 3.63) is 53.3 Å². The molecule has 2 aliphatic rings. The number of rotatable bonds is 6. The molecule has 2 aliphatic heterocycles. The van der Waals surface area contributed by atoms with Crippen LogP contribution in [0.5, 0.6) is 0 Å². The van der Waals surface area contributed by atoms with Crippen LogP contribution in [0.25, 0.3) is 0 Å². The number of aromatic nitrogens is 2. The van der Waals surface area contributed by atoms with Crippen molar-refractivity contribution >= 4 is 12.0 Å². The molecule has 2 amide bonds. The van der Waals surface area contributed by atoms with Gasteiger partial charge < -0.3 is 20.2 Å². The van der Waals surface area contributed by atoms with E-state index in [1.807, 2.05) is 30.3 Å². The summed E-state index contributed by atoms with van der Waals surface area (Å²) in [6.07, 6.45) is -0.244. The highest BCUT2D eigenvalue weighted by Gasteiger charge is 2.53. The SMILES string of the molecule is O=C(O)[C@@H]1c2c(cnn2CC(O)O)[C@@H]2CN1C(=O)N2OCc1ccccc1. The number of fused-ring (bicyclic) bond motifs is 4. The number of benzene rings is 1. The standard InChI is InChI=1S/C17H18N4O6/c22-13(23)8-20-14-11(6-18-20)12-7-19(15(14)16(24)25)17(26)21(12)27-9-10-4-2-1-3-5-10/h1-6,12-13,15,22-23H,7-9H2,(H,24,25)/t12-,15-/m0/s1. The van der Waals surface area contributed by atoms with Gasteiger partial charge in [0.25, 0.3) is 0 Å². The smallest absolute Gasteiger partial charge is 0.345 e. The van der Waals surface area contributed by atoms with Crippen molar-refractivity contribution in [2.75, 3.05) is 6.54 Å². The van der Waals surface area contributed by atoms with Gasteiger partial charge in [-0.05, 0) is 5.56 Å². The lowest BCUT2D eigenvalue weighted by Gasteiger charge is -2.28. The normalized spacial score (nSPS) is 21.1. The lowest BCUT2D eigenvalue weighted by molar-refractivity contribution is -0.143. The van der Waals surface area contributed by atoms with E-state index in [-0.39, 0.29) is 25.4 Å². The molecule has 1 fully saturated rings. The van der Waals surface area contributed by atoms with Crippen molar-refractivity contribution in [2.24, 2.45) is 0 Å². The third-order valence-corrected chi connectivity index (χ3v) is 4.71. The molecule has 2 bridgehead atoms. The van der Waals surface area contributed by atoms with Gasteiger partial charge in [0.1, 0.15) is 12.6 Å². The van der Waals surface area contributed by atoms with Crippen LogP contribution in [0.3, 0.4) is 0 Å². The first-order chi connectivity index (χ1) is 13.0. The Bertz CT molecular complexity index is 868. The third kappa shape index (κ3) is 2.93. The van der Waals surface area contributed by atoms with Crippen molar-refractivity contribution in [3.8, 4) is 0 Å². The summed E-state index contributed by atoms with van der Waals surface area (Å²) in [5, 5.41) is 33.4. The summed E-state index contributed by atoms with van der Waals surface area (Å²) in [6, 6.07) is 6.97. The Morgan fingerprint density at radius 2 is 2.04 bits per heavy atom. The molecule has 2 aromatic rings. The lowest BCUT2D eigenvalue weighted by Crippen LogP contribution is -2.40. The van der Waals surface area contributed by atoms with Crippen LogP contribution in [0.2, 0.25) is 0 Å². The minimum absolute atomic E-state index is 0.158. The molecule has 0 saturated carbocycles. The molecule has 0 radical (unpaired) electrons. The largest absolute Gasteiger partial charge is 0.479 e. The highest BCUT2D eigenvalue weighted by Crippen LogP contribution is 2.44. The number of aliphatic carboxylic acids is 1. The average Bonchev–Trinajstić information content (AvgIpc) is 3.15. The van der Waals surface area contributed by atoms with Gasteiger partial charge in [0.15, 0.2) is 12.3 Å². The minimum atomic E-state index is -1.70. The van der Waals surface area contributed by atoms with Gasteiger partial charge in [-0.1, -0.05) is 30.3 Å². The monoisotopic (exact) mass is 374 g/mol.